The zero-order valence-corrected chi connectivity index (χ0v) is 11.6. The Hall–Kier alpha value is -0.580. The van der Waals surface area contributed by atoms with Gasteiger partial charge >= 0.3 is 0 Å². The molecule has 5 heteroatoms. The first kappa shape index (κ1) is 12.9. The van der Waals surface area contributed by atoms with E-state index in [2.05, 4.69) is 26.6 Å². The van der Waals surface area contributed by atoms with E-state index in [9.17, 15) is 4.79 Å². The Bertz CT molecular complexity index is 419. The van der Waals surface area contributed by atoms with Gasteiger partial charge in [0.2, 0.25) is 5.91 Å². The molecule has 2 N–H and O–H groups in total. The minimum absolute atomic E-state index is 0.0529. The highest BCUT2D eigenvalue weighted by Crippen LogP contribution is 2.25. The quantitative estimate of drug-likeness (QED) is 0.899. The maximum atomic E-state index is 11.8. The number of benzene rings is 1. The van der Waals surface area contributed by atoms with Crippen molar-refractivity contribution in [3.8, 4) is 0 Å². The van der Waals surface area contributed by atoms with Crippen LogP contribution < -0.4 is 10.6 Å². The minimum Gasteiger partial charge on any atom is -0.326 e. The molecule has 17 heavy (non-hydrogen) atoms. The number of nitrogens with one attached hydrogen (secondary N) is 2. The monoisotopic (exact) mass is 316 g/mol. The summed E-state index contributed by atoms with van der Waals surface area (Å²) < 4.78 is 0.831. The minimum atomic E-state index is 0.0529. The Morgan fingerprint density at radius 1 is 1.59 bits per heavy atom. The fourth-order valence-electron chi connectivity index (χ4n) is 1.94. The average Bonchev–Trinajstić information content (AvgIpc) is 2.76. The standard InChI is InChI=1S/C12H14BrClN2O/c13-10-2-1-9(6-11(10)14)16-12(17)5-8-3-4-15-7-8/h1-2,6,8,15H,3-5,7H2,(H,16,17). The second-order valence-corrected chi connectivity index (χ2v) is 5.50. The van der Waals surface area contributed by atoms with Crippen molar-refractivity contribution in [1.29, 1.82) is 0 Å². The van der Waals surface area contributed by atoms with Crippen LogP contribution in [0.3, 0.4) is 0 Å². The molecule has 0 spiro atoms. The van der Waals surface area contributed by atoms with Gasteiger partial charge in [0, 0.05) is 16.6 Å². The molecule has 1 unspecified atom stereocenters. The zero-order chi connectivity index (χ0) is 12.3. The Kier molecular flexibility index (Phi) is 4.42. The largest absolute Gasteiger partial charge is 0.326 e. The van der Waals surface area contributed by atoms with Crippen molar-refractivity contribution < 1.29 is 4.79 Å². The third-order valence-corrected chi connectivity index (χ3v) is 4.07. The highest BCUT2D eigenvalue weighted by molar-refractivity contribution is 9.10. The highest BCUT2D eigenvalue weighted by Gasteiger charge is 2.18. The lowest BCUT2D eigenvalue weighted by atomic mass is 10.0. The van der Waals surface area contributed by atoms with Crippen LogP contribution in [0, 0.1) is 5.92 Å². The topological polar surface area (TPSA) is 41.1 Å². The van der Waals surface area contributed by atoms with Gasteiger partial charge in [0.05, 0.1) is 5.02 Å². The third-order valence-electron chi connectivity index (χ3n) is 2.84. The van der Waals surface area contributed by atoms with Gasteiger partial charge in [0.25, 0.3) is 0 Å². The SMILES string of the molecule is O=C(CC1CCNC1)Nc1ccc(Br)c(Cl)c1. The fourth-order valence-corrected chi connectivity index (χ4v) is 2.36. The normalized spacial score (nSPS) is 19.3. The van der Waals surface area contributed by atoms with E-state index >= 15 is 0 Å². The fraction of sp³-hybridized carbons (Fsp3) is 0.417. The summed E-state index contributed by atoms with van der Waals surface area (Å²) in [6.07, 6.45) is 1.65. The first-order chi connectivity index (χ1) is 8.15. The van der Waals surface area contributed by atoms with Crippen LogP contribution in [0.4, 0.5) is 5.69 Å². The molecule has 2 rings (SSSR count). The first-order valence-corrected chi connectivity index (χ1v) is 6.78. The molecule has 1 amide bonds. The lowest BCUT2D eigenvalue weighted by Crippen LogP contribution is -2.18. The predicted octanol–water partition coefficient (Wildman–Crippen LogP) is 3.04. The van der Waals surface area contributed by atoms with Crippen LogP contribution in [-0.2, 0) is 4.79 Å². The van der Waals surface area contributed by atoms with Gasteiger partial charge in [-0.2, -0.15) is 0 Å². The Balaban J connectivity index is 1.90. The molecule has 1 heterocycles. The lowest BCUT2D eigenvalue weighted by molar-refractivity contribution is -0.116. The first-order valence-electron chi connectivity index (χ1n) is 5.61. The molecule has 1 aliphatic rings. The van der Waals surface area contributed by atoms with E-state index in [0.29, 0.717) is 17.4 Å². The van der Waals surface area contributed by atoms with E-state index in [1.165, 1.54) is 0 Å². The Morgan fingerprint density at radius 3 is 3.06 bits per heavy atom. The van der Waals surface area contributed by atoms with Crippen LogP contribution in [0.5, 0.6) is 0 Å². The molecule has 0 radical (unpaired) electrons. The maximum Gasteiger partial charge on any atom is 0.224 e. The third kappa shape index (κ3) is 3.69. The van der Waals surface area contributed by atoms with E-state index in [-0.39, 0.29) is 5.91 Å². The van der Waals surface area contributed by atoms with Gasteiger partial charge in [-0.25, -0.2) is 0 Å². The molecule has 1 fully saturated rings. The van der Waals surface area contributed by atoms with Crippen molar-refractivity contribution in [1.82, 2.24) is 5.32 Å². The molecule has 1 aromatic rings. The second-order valence-electron chi connectivity index (χ2n) is 4.24. The van der Waals surface area contributed by atoms with Crippen molar-refractivity contribution >= 4 is 39.1 Å². The number of hydrogen-bond donors (Lipinski definition) is 2. The predicted molar refractivity (Wildman–Crippen MR) is 73.4 cm³/mol. The van der Waals surface area contributed by atoms with Crippen LogP contribution in [0.2, 0.25) is 5.02 Å². The number of carbonyl (C=O) groups is 1. The van der Waals surface area contributed by atoms with Crippen LogP contribution in [-0.4, -0.2) is 19.0 Å². The molecule has 0 saturated carbocycles. The molecule has 0 bridgehead atoms. The molecule has 3 nitrogen and oxygen atoms in total. The molecule has 0 aromatic heterocycles. The van der Waals surface area contributed by atoms with Crippen LogP contribution in [0.15, 0.2) is 22.7 Å². The average molecular weight is 318 g/mol. The van der Waals surface area contributed by atoms with E-state index < -0.39 is 0 Å². The summed E-state index contributed by atoms with van der Waals surface area (Å²) in [7, 11) is 0. The number of carbonyl (C=O) groups excluding carboxylic acids is 1. The summed E-state index contributed by atoms with van der Waals surface area (Å²) in [6, 6.07) is 5.41. The van der Waals surface area contributed by atoms with Gasteiger partial charge in [-0.15, -0.1) is 0 Å². The Morgan fingerprint density at radius 2 is 2.41 bits per heavy atom. The van der Waals surface area contributed by atoms with E-state index in [0.717, 1.165) is 29.7 Å². The van der Waals surface area contributed by atoms with Crippen molar-refractivity contribution in [3.63, 3.8) is 0 Å². The number of hydrogen-bond acceptors (Lipinski definition) is 2. The van der Waals surface area contributed by atoms with Gasteiger partial charge in [-0.3, -0.25) is 4.79 Å². The number of amides is 1. The molecule has 1 aliphatic heterocycles. The van der Waals surface area contributed by atoms with Crippen LogP contribution in [0.25, 0.3) is 0 Å². The summed E-state index contributed by atoms with van der Waals surface area (Å²) in [5.41, 5.74) is 0.745. The van der Waals surface area contributed by atoms with Crippen LogP contribution in [0.1, 0.15) is 12.8 Å². The van der Waals surface area contributed by atoms with Crippen molar-refractivity contribution in [2.24, 2.45) is 5.92 Å². The van der Waals surface area contributed by atoms with Gasteiger partial charge in [0.15, 0.2) is 0 Å². The van der Waals surface area contributed by atoms with Gasteiger partial charge < -0.3 is 10.6 Å². The smallest absolute Gasteiger partial charge is 0.224 e. The van der Waals surface area contributed by atoms with E-state index in [1.807, 2.05) is 12.1 Å². The van der Waals surface area contributed by atoms with Crippen molar-refractivity contribution in [3.05, 3.63) is 27.7 Å². The number of halogens is 2. The Labute approximate surface area is 114 Å². The van der Waals surface area contributed by atoms with Crippen molar-refractivity contribution in [2.45, 2.75) is 12.8 Å². The van der Waals surface area contributed by atoms with Crippen LogP contribution >= 0.6 is 27.5 Å². The maximum absolute atomic E-state index is 11.8. The van der Waals surface area contributed by atoms with Gasteiger partial charge in [0.1, 0.15) is 0 Å². The van der Waals surface area contributed by atoms with Gasteiger partial charge in [-0.05, 0) is 59.6 Å². The molecule has 1 aromatic carbocycles. The lowest BCUT2D eigenvalue weighted by Gasteiger charge is -2.09. The van der Waals surface area contributed by atoms with E-state index in [4.69, 9.17) is 11.6 Å². The summed E-state index contributed by atoms with van der Waals surface area (Å²) in [5.74, 6) is 0.512. The summed E-state index contributed by atoms with van der Waals surface area (Å²) in [5, 5.41) is 6.72. The zero-order valence-electron chi connectivity index (χ0n) is 9.30. The van der Waals surface area contributed by atoms with E-state index in [1.54, 1.807) is 6.07 Å². The molecular weight excluding hydrogens is 304 g/mol. The van der Waals surface area contributed by atoms with Gasteiger partial charge in [-0.1, -0.05) is 11.6 Å². The highest BCUT2D eigenvalue weighted by atomic mass is 79.9. The molecular formula is C12H14BrClN2O. The molecule has 1 saturated heterocycles. The molecule has 0 aliphatic carbocycles. The number of rotatable bonds is 3. The number of anilines is 1. The molecule has 92 valence electrons. The summed E-state index contributed by atoms with van der Waals surface area (Å²) in [4.78, 5) is 11.8. The second kappa shape index (κ2) is 5.85. The van der Waals surface area contributed by atoms with Crippen molar-refractivity contribution in [2.75, 3.05) is 18.4 Å². The summed E-state index contributed by atoms with van der Waals surface area (Å²) in [6.45, 7) is 1.95. The molecule has 1 atom stereocenters. The summed E-state index contributed by atoms with van der Waals surface area (Å²) >= 11 is 9.27.